The first-order valence-corrected chi connectivity index (χ1v) is 8.59. The van der Waals surface area contributed by atoms with Gasteiger partial charge in [0, 0.05) is 0 Å². The Hall–Kier alpha value is -0.870. The fourth-order valence-corrected chi connectivity index (χ4v) is 2.64. The standard InChI is InChI=1S/C15H24O3S/c1-14-9-11-15(12-10-14)8-6-4-2-3-5-7-13-19(16,17)18/h9-12H,2-8,13H2,1H3,(H,16,17,18). The van der Waals surface area contributed by atoms with E-state index >= 15 is 0 Å². The lowest BCUT2D eigenvalue weighted by molar-refractivity contribution is 0.478. The molecule has 1 aromatic rings. The summed E-state index contributed by atoms with van der Waals surface area (Å²) in [7, 11) is -3.76. The van der Waals surface area contributed by atoms with E-state index in [1.54, 1.807) is 0 Å². The molecule has 0 radical (unpaired) electrons. The zero-order valence-corrected chi connectivity index (χ0v) is 12.5. The molecular formula is C15H24O3S. The summed E-state index contributed by atoms with van der Waals surface area (Å²) in [6, 6.07) is 8.65. The van der Waals surface area contributed by atoms with Crippen molar-refractivity contribution in [1.82, 2.24) is 0 Å². The second kappa shape index (κ2) is 8.33. The van der Waals surface area contributed by atoms with Gasteiger partial charge in [0.05, 0.1) is 5.75 Å². The maximum Gasteiger partial charge on any atom is 0.264 e. The molecular weight excluding hydrogens is 260 g/mol. The summed E-state index contributed by atoms with van der Waals surface area (Å²) in [4.78, 5) is 0. The van der Waals surface area contributed by atoms with E-state index in [0.717, 1.165) is 25.7 Å². The third-order valence-corrected chi connectivity index (χ3v) is 4.04. The maximum atomic E-state index is 10.5. The summed E-state index contributed by atoms with van der Waals surface area (Å²) in [6.45, 7) is 2.09. The fourth-order valence-electron chi connectivity index (χ4n) is 2.08. The Morgan fingerprint density at radius 2 is 1.42 bits per heavy atom. The van der Waals surface area contributed by atoms with Crippen molar-refractivity contribution in [2.24, 2.45) is 0 Å². The second-order valence-electron chi connectivity index (χ2n) is 5.14. The second-order valence-corrected chi connectivity index (χ2v) is 6.72. The molecule has 108 valence electrons. The monoisotopic (exact) mass is 284 g/mol. The van der Waals surface area contributed by atoms with Crippen LogP contribution in [-0.2, 0) is 16.5 Å². The zero-order chi connectivity index (χ0) is 14.1. The minimum absolute atomic E-state index is 0.101. The van der Waals surface area contributed by atoms with Gasteiger partial charge < -0.3 is 0 Å². The molecule has 1 N–H and O–H groups in total. The van der Waals surface area contributed by atoms with Crippen molar-refractivity contribution in [2.75, 3.05) is 5.75 Å². The molecule has 0 atom stereocenters. The van der Waals surface area contributed by atoms with Gasteiger partial charge in [0.1, 0.15) is 0 Å². The maximum absolute atomic E-state index is 10.5. The van der Waals surface area contributed by atoms with Crippen LogP contribution < -0.4 is 0 Å². The van der Waals surface area contributed by atoms with E-state index in [2.05, 4.69) is 31.2 Å². The van der Waals surface area contributed by atoms with Gasteiger partial charge in [-0.3, -0.25) is 4.55 Å². The Morgan fingerprint density at radius 1 is 0.895 bits per heavy atom. The van der Waals surface area contributed by atoms with E-state index in [1.165, 1.54) is 24.0 Å². The lowest BCUT2D eigenvalue weighted by Crippen LogP contribution is -2.03. The van der Waals surface area contributed by atoms with Crippen molar-refractivity contribution in [3.8, 4) is 0 Å². The Kier molecular flexibility index (Phi) is 7.10. The SMILES string of the molecule is Cc1ccc(CCCCCCCCS(=O)(=O)O)cc1. The van der Waals surface area contributed by atoms with Crippen molar-refractivity contribution >= 4 is 10.1 Å². The predicted octanol–water partition coefficient (Wildman–Crippen LogP) is 3.77. The molecule has 4 heteroatoms. The lowest BCUT2D eigenvalue weighted by atomic mass is 10.0. The number of unbranched alkanes of at least 4 members (excludes halogenated alkanes) is 5. The van der Waals surface area contributed by atoms with Gasteiger partial charge in [0.2, 0.25) is 0 Å². The van der Waals surface area contributed by atoms with E-state index in [0.29, 0.717) is 6.42 Å². The minimum Gasteiger partial charge on any atom is -0.286 e. The number of hydrogen-bond donors (Lipinski definition) is 1. The van der Waals surface area contributed by atoms with E-state index in [9.17, 15) is 8.42 Å². The largest absolute Gasteiger partial charge is 0.286 e. The third kappa shape index (κ3) is 8.78. The molecule has 3 nitrogen and oxygen atoms in total. The molecule has 0 fully saturated rings. The molecule has 0 saturated heterocycles. The third-order valence-electron chi connectivity index (χ3n) is 3.24. The lowest BCUT2D eigenvalue weighted by Gasteiger charge is -2.03. The average Bonchev–Trinajstić information content (AvgIpc) is 2.33. The van der Waals surface area contributed by atoms with Crippen molar-refractivity contribution in [1.29, 1.82) is 0 Å². The van der Waals surface area contributed by atoms with E-state index in [-0.39, 0.29) is 5.75 Å². The summed E-state index contributed by atoms with van der Waals surface area (Å²) in [5.74, 6) is -0.101. The van der Waals surface area contributed by atoms with Crippen molar-refractivity contribution in [2.45, 2.75) is 51.9 Å². The molecule has 0 bridgehead atoms. The summed E-state index contributed by atoms with van der Waals surface area (Å²) >= 11 is 0. The van der Waals surface area contributed by atoms with Gasteiger partial charge in [0.25, 0.3) is 10.1 Å². The smallest absolute Gasteiger partial charge is 0.264 e. The van der Waals surface area contributed by atoms with Crippen LogP contribution in [0.5, 0.6) is 0 Å². The highest BCUT2D eigenvalue weighted by Gasteiger charge is 2.02. The van der Waals surface area contributed by atoms with Crippen LogP contribution in [0, 0.1) is 6.92 Å². The Bertz CT molecular complexity index is 449. The van der Waals surface area contributed by atoms with Crippen LogP contribution in [0.4, 0.5) is 0 Å². The van der Waals surface area contributed by atoms with Gasteiger partial charge >= 0.3 is 0 Å². The van der Waals surface area contributed by atoms with E-state index in [4.69, 9.17) is 4.55 Å². The zero-order valence-electron chi connectivity index (χ0n) is 11.6. The fraction of sp³-hybridized carbons (Fsp3) is 0.600. The van der Waals surface area contributed by atoms with Gasteiger partial charge in [-0.2, -0.15) is 8.42 Å². The molecule has 0 spiro atoms. The molecule has 0 saturated carbocycles. The summed E-state index contributed by atoms with van der Waals surface area (Å²) in [6.07, 6.45) is 7.11. The normalized spacial score (nSPS) is 11.7. The number of benzene rings is 1. The number of hydrogen-bond acceptors (Lipinski definition) is 2. The van der Waals surface area contributed by atoms with Crippen LogP contribution in [0.15, 0.2) is 24.3 Å². The topological polar surface area (TPSA) is 54.4 Å². The minimum atomic E-state index is -3.76. The Labute approximate surface area is 116 Å². The summed E-state index contributed by atoms with van der Waals surface area (Å²) in [5.41, 5.74) is 2.68. The first kappa shape index (κ1) is 16.2. The van der Waals surface area contributed by atoms with Crippen LogP contribution in [0.1, 0.15) is 49.7 Å². The van der Waals surface area contributed by atoms with Gasteiger partial charge in [0.15, 0.2) is 0 Å². The predicted molar refractivity (Wildman–Crippen MR) is 79.0 cm³/mol. The summed E-state index contributed by atoms with van der Waals surface area (Å²) in [5, 5.41) is 0. The van der Waals surface area contributed by atoms with Crippen LogP contribution in [0.3, 0.4) is 0 Å². The molecule has 19 heavy (non-hydrogen) atoms. The highest BCUT2D eigenvalue weighted by molar-refractivity contribution is 7.85. The van der Waals surface area contributed by atoms with Crippen LogP contribution in [-0.4, -0.2) is 18.7 Å². The van der Waals surface area contributed by atoms with Gasteiger partial charge in [-0.05, 0) is 31.7 Å². The van der Waals surface area contributed by atoms with Crippen LogP contribution >= 0.6 is 0 Å². The van der Waals surface area contributed by atoms with Gasteiger partial charge in [-0.25, -0.2) is 0 Å². The van der Waals surface area contributed by atoms with E-state index < -0.39 is 10.1 Å². The molecule has 0 aliphatic carbocycles. The molecule has 0 unspecified atom stereocenters. The summed E-state index contributed by atoms with van der Waals surface area (Å²) < 4.78 is 29.6. The van der Waals surface area contributed by atoms with Crippen molar-refractivity contribution < 1.29 is 13.0 Å². The molecule has 0 heterocycles. The molecule has 1 rings (SSSR count). The van der Waals surface area contributed by atoms with Crippen LogP contribution in [0.2, 0.25) is 0 Å². The van der Waals surface area contributed by atoms with Crippen molar-refractivity contribution in [3.63, 3.8) is 0 Å². The molecule has 0 amide bonds. The van der Waals surface area contributed by atoms with Gasteiger partial charge in [-0.15, -0.1) is 0 Å². The number of aryl methyl sites for hydroxylation is 2. The highest BCUT2D eigenvalue weighted by atomic mass is 32.2. The highest BCUT2D eigenvalue weighted by Crippen LogP contribution is 2.11. The molecule has 1 aromatic carbocycles. The first-order chi connectivity index (χ1) is 8.97. The Morgan fingerprint density at radius 3 is 2.00 bits per heavy atom. The van der Waals surface area contributed by atoms with Crippen LogP contribution in [0.25, 0.3) is 0 Å². The van der Waals surface area contributed by atoms with Gasteiger partial charge in [-0.1, -0.05) is 55.5 Å². The quantitative estimate of drug-likeness (QED) is 0.555. The van der Waals surface area contributed by atoms with Crippen molar-refractivity contribution in [3.05, 3.63) is 35.4 Å². The number of rotatable bonds is 9. The van der Waals surface area contributed by atoms with E-state index in [1.807, 2.05) is 0 Å². The molecule has 0 aromatic heterocycles. The molecule has 0 aliphatic rings. The Balaban J connectivity index is 1.98. The first-order valence-electron chi connectivity index (χ1n) is 6.98. The average molecular weight is 284 g/mol. The molecule has 0 aliphatic heterocycles.